The van der Waals surface area contributed by atoms with Gasteiger partial charge in [-0.05, 0) is 24.3 Å². The fourth-order valence-electron chi connectivity index (χ4n) is 1.70. The van der Waals surface area contributed by atoms with Crippen LogP contribution in [0.25, 0.3) is 11.0 Å². The number of sulfonamides is 2. The second kappa shape index (κ2) is 3.99. The first-order valence-electron chi connectivity index (χ1n) is 4.87. The van der Waals surface area contributed by atoms with Crippen molar-refractivity contribution < 1.29 is 21.3 Å². The highest BCUT2D eigenvalue weighted by Gasteiger charge is 2.27. The Bertz CT molecular complexity index is 757. The van der Waals surface area contributed by atoms with E-state index in [-0.39, 0.29) is 5.69 Å². The van der Waals surface area contributed by atoms with E-state index in [2.05, 4.69) is 0 Å². The lowest BCUT2D eigenvalue weighted by Crippen LogP contribution is -2.35. The van der Waals surface area contributed by atoms with Crippen LogP contribution >= 0.6 is 0 Å². The van der Waals surface area contributed by atoms with E-state index in [1.165, 1.54) is 24.5 Å². The Balaban J connectivity index is 2.69. The first kappa shape index (κ1) is 12.9. The number of fused-ring (bicyclic) bond motifs is 1. The normalized spacial score (nSPS) is 12.8. The number of benzene rings is 1. The molecule has 0 saturated carbocycles. The van der Waals surface area contributed by atoms with Gasteiger partial charge in [0.15, 0.2) is 0 Å². The van der Waals surface area contributed by atoms with E-state index in [1.54, 1.807) is 6.07 Å². The number of anilines is 1. The van der Waals surface area contributed by atoms with Gasteiger partial charge in [-0.25, -0.2) is 16.8 Å². The molecule has 0 amide bonds. The van der Waals surface area contributed by atoms with E-state index in [4.69, 9.17) is 4.42 Å². The van der Waals surface area contributed by atoms with Crippen molar-refractivity contribution in [3.8, 4) is 0 Å². The van der Waals surface area contributed by atoms with E-state index in [9.17, 15) is 16.8 Å². The molecule has 0 aliphatic carbocycles. The molecule has 0 saturated heterocycles. The van der Waals surface area contributed by atoms with Crippen LogP contribution < -0.4 is 3.71 Å². The first-order chi connectivity index (χ1) is 8.19. The Hall–Kier alpha value is -1.54. The highest BCUT2D eigenvalue weighted by molar-refractivity contribution is 8.09. The standard InChI is InChI=1S/C10H11NO5S2/c1-17(12,13)11(18(2,14)15)9-3-4-10-8(7-9)5-6-16-10/h3-7H,1-2H3. The van der Waals surface area contributed by atoms with Crippen LogP contribution in [-0.2, 0) is 20.0 Å². The summed E-state index contributed by atoms with van der Waals surface area (Å²) in [7, 11) is -7.83. The van der Waals surface area contributed by atoms with Crippen LogP contribution in [0.1, 0.15) is 0 Å². The minimum Gasteiger partial charge on any atom is -0.464 e. The van der Waals surface area contributed by atoms with Gasteiger partial charge in [0, 0.05) is 5.39 Å². The van der Waals surface area contributed by atoms with Gasteiger partial charge in [-0.1, -0.05) is 0 Å². The number of furan rings is 1. The van der Waals surface area contributed by atoms with Gasteiger partial charge in [0.1, 0.15) is 5.58 Å². The van der Waals surface area contributed by atoms with E-state index in [0.29, 0.717) is 14.7 Å². The quantitative estimate of drug-likeness (QED) is 0.846. The van der Waals surface area contributed by atoms with E-state index in [1.807, 2.05) is 0 Å². The van der Waals surface area contributed by atoms with Crippen LogP contribution in [0.4, 0.5) is 5.69 Å². The van der Waals surface area contributed by atoms with Crippen LogP contribution in [0.3, 0.4) is 0 Å². The molecule has 0 spiro atoms. The second-order valence-corrected chi connectivity index (χ2v) is 7.76. The van der Waals surface area contributed by atoms with Crippen molar-refractivity contribution in [1.82, 2.24) is 0 Å². The minimum absolute atomic E-state index is 0.0638. The molecule has 18 heavy (non-hydrogen) atoms. The van der Waals surface area contributed by atoms with Crippen molar-refractivity contribution >= 4 is 36.7 Å². The lowest BCUT2D eigenvalue weighted by Gasteiger charge is -2.19. The Labute approximate surface area is 105 Å². The first-order valence-corrected chi connectivity index (χ1v) is 8.57. The fraction of sp³-hybridized carbons (Fsp3) is 0.200. The fourth-order valence-corrected chi connectivity index (χ4v) is 4.66. The molecule has 0 aliphatic rings. The smallest absolute Gasteiger partial charge is 0.245 e. The van der Waals surface area contributed by atoms with Gasteiger partial charge in [0.25, 0.3) is 0 Å². The van der Waals surface area contributed by atoms with E-state index < -0.39 is 20.0 Å². The van der Waals surface area contributed by atoms with Crippen molar-refractivity contribution in [2.24, 2.45) is 0 Å². The molecule has 1 heterocycles. The predicted octanol–water partition coefficient (Wildman–Crippen LogP) is 1.16. The molecule has 0 fully saturated rings. The largest absolute Gasteiger partial charge is 0.464 e. The molecule has 2 rings (SSSR count). The molecule has 0 atom stereocenters. The molecule has 0 bridgehead atoms. The summed E-state index contributed by atoms with van der Waals surface area (Å²) in [6.45, 7) is 0. The Morgan fingerprint density at radius 2 is 1.61 bits per heavy atom. The molecule has 0 unspecified atom stereocenters. The predicted molar refractivity (Wildman–Crippen MR) is 68.4 cm³/mol. The van der Waals surface area contributed by atoms with Crippen LogP contribution in [-0.4, -0.2) is 29.3 Å². The maximum Gasteiger partial charge on any atom is 0.245 e. The highest BCUT2D eigenvalue weighted by atomic mass is 32.3. The monoisotopic (exact) mass is 289 g/mol. The minimum atomic E-state index is -3.91. The number of nitrogens with zero attached hydrogens (tertiary/aromatic N) is 1. The maximum absolute atomic E-state index is 11.6. The summed E-state index contributed by atoms with van der Waals surface area (Å²) < 4.78 is 51.8. The average molecular weight is 289 g/mol. The van der Waals surface area contributed by atoms with Crippen LogP contribution in [0.5, 0.6) is 0 Å². The van der Waals surface area contributed by atoms with Gasteiger partial charge < -0.3 is 4.42 Å². The molecule has 1 aromatic carbocycles. The molecule has 0 N–H and O–H groups in total. The molecule has 2 aromatic rings. The summed E-state index contributed by atoms with van der Waals surface area (Å²) in [5.41, 5.74) is 0.620. The Kier molecular flexibility index (Phi) is 2.86. The zero-order chi connectivity index (χ0) is 13.6. The third-order valence-electron chi connectivity index (χ3n) is 2.25. The van der Waals surface area contributed by atoms with Gasteiger partial charge in [0.2, 0.25) is 20.0 Å². The van der Waals surface area contributed by atoms with E-state index >= 15 is 0 Å². The molecule has 0 aliphatic heterocycles. The zero-order valence-corrected chi connectivity index (χ0v) is 11.3. The summed E-state index contributed by atoms with van der Waals surface area (Å²) >= 11 is 0. The summed E-state index contributed by atoms with van der Waals surface area (Å²) in [5.74, 6) is 0. The van der Waals surface area contributed by atoms with Crippen molar-refractivity contribution in [2.45, 2.75) is 0 Å². The van der Waals surface area contributed by atoms with Crippen molar-refractivity contribution in [3.05, 3.63) is 30.5 Å². The Morgan fingerprint density at radius 1 is 1.00 bits per heavy atom. The lowest BCUT2D eigenvalue weighted by molar-refractivity contribution is 0.590. The van der Waals surface area contributed by atoms with Gasteiger partial charge in [-0.3, -0.25) is 0 Å². The molecule has 6 nitrogen and oxygen atoms in total. The van der Waals surface area contributed by atoms with Gasteiger partial charge in [-0.15, -0.1) is 0 Å². The summed E-state index contributed by atoms with van der Waals surface area (Å²) in [4.78, 5) is 0. The molecule has 0 radical (unpaired) electrons. The molecule has 1 aromatic heterocycles. The van der Waals surface area contributed by atoms with E-state index in [0.717, 1.165) is 12.5 Å². The SMILES string of the molecule is CS(=O)(=O)N(c1ccc2occc2c1)S(C)(=O)=O. The zero-order valence-electron chi connectivity index (χ0n) is 9.69. The second-order valence-electron chi connectivity index (χ2n) is 3.87. The summed E-state index contributed by atoms with van der Waals surface area (Å²) in [6.07, 6.45) is 3.13. The number of hydrogen-bond acceptors (Lipinski definition) is 5. The van der Waals surface area contributed by atoms with Crippen LogP contribution in [0.2, 0.25) is 0 Å². The highest BCUT2D eigenvalue weighted by Crippen LogP contribution is 2.26. The molecule has 8 heteroatoms. The number of rotatable bonds is 3. The van der Waals surface area contributed by atoms with Crippen molar-refractivity contribution in [3.63, 3.8) is 0 Å². The topological polar surface area (TPSA) is 84.7 Å². The molecular weight excluding hydrogens is 278 g/mol. The Morgan fingerprint density at radius 3 is 2.17 bits per heavy atom. The molecular formula is C10H11NO5S2. The average Bonchev–Trinajstić information content (AvgIpc) is 2.59. The summed E-state index contributed by atoms with van der Waals surface area (Å²) in [6, 6.07) is 5.98. The van der Waals surface area contributed by atoms with Crippen molar-refractivity contribution in [2.75, 3.05) is 16.2 Å². The van der Waals surface area contributed by atoms with Crippen LogP contribution in [0.15, 0.2) is 34.9 Å². The third-order valence-corrected chi connectivity index (χ3v) is 5.50. The third kappa shape index (κ3) is 2.34. The summed E-state index contributed by atoms with van der Waals surface area (Å²) in [5, 5.41) is 0.629. The number of hydrogen-bond donors (Lipinski definition) is 0. The van der Waals surface area contributed by atoms with Crippen molar-refractivity contribution in [1.29, 1.82) is 0 Å². The van der Waals surface area contributed by atoms with Gasteiger partial charge in [-0.2, -0.15) is 3.71 Å². The van der Waals surface area contributed by atoms with Gasteiger partial charge >= 0.3 is 0 Å². The van der Waals surface area contributed by atoms with Gasteiger partial charge in [0.05, 0.1) is 24.5 Å². The van der Waals surface area contributed by atoms with Crippen LogP contribution in [0, 0.1) is 0 Å². The molecule has 98 valence electrons. The lowest BCUT2D eigenvalue weighted by atomic mass is 10.2. The maximum atomic E-state index is 11.6.